The van der Waals surface area contributed by atoms with Crippen LogP contribution in [0.15, 0.2) is 24.3 Å². The number of carbonyl (C=O) groups is 1. The van der Waals surface area contributed by atoms with Gasteiger partial charge >= 0.3 is 0 Å². The van der Waals surface area contributed by atoms with Crippen molar-refractivity contribution >= 4 is 29.0 Å². The molecular weight excluding hydrogens is 348 g/mol. The molecule has 140 valence electrons. The number of anilines is 2. The molecule has 1 N–H and O–H groups in total. The van der Waals surface area contributed by atoms with Crippen molar-refractivity contribution in [3.05, 3.63) is 30.1 Å². The molecule has 0 aliphatic carbocycles. The lowest BCUT2D eigenvalue weighted by atomic mass is 10.1. The smallest absolute Gasteiger partial charge is 0.234 e. The monoisotopic (exact) mass is 374 g/mol. The lowest BCUT2D eigenvalue weighted by Crippen LogP contribution is -2.29. The molecule has 1 aliphatic rings. The summed E-state index contributed by atoms with van der Waals surface area (Å²) in [6, 6.07) is 8.35. The number of carbonyl (C=O) groups excluding carboxylic acids is 1. The van der Waals surface area contributed by atoms with Crippen molar-refractivity contribution in [1.82, 2.24) is 20.2 Å². The molecule has 26 heavy (non-hydrogen) atoms. The van der Waals surface area contributed by atoms with Crippen LogP contribution >= 0.6 is 11.8 Å². The van der Waals surface area contributed by atoms with Crippen molar-refractivity contribution in [2.24, 2.45) is 0 Å². The van der Waals surface area contributed by atoms with Gasteiger partial charge < -0.3 is 10.2 Å². The van der Waals surface area contributed by atoms with Gasteiger partial charge in [-0.1, -0.05) is 0 Å². The third kappa shape index (κ3) is 4.97. The maximum absolute atomic E-state index is 12.1. The van der Waals surface area contributed by atoms with E-state index in [2.05, 4.69) is 37.9 Å². The number of hydrogen-bond donors (Lipinski definition) is 1. The summed E-state index contributed by atoms with van der Waals surface area (Å²) in [5.41, 5.74) is 2.07. The number of hydrogen-bond acceptors (Lipinski definition) is 6. The molecule has 0 radical (unpaired) electrons. The zero-order valence-corrected chi connectivity index (χ0v) is 16.2. The summed E-state index contributed by atoms with van der Waals surface area (Å²) >= 11 is 1.51. The van der Waals surface area contributed by atoms with Crippen LogP contribution in [0.5, 0.6) is 0 Å². The first-order chi connectivity index (χ1) is 12.6. The van der Waals surface area contributed by atoms with E-state index in [1.54, 1.807) is 4.68 Å². The third-order valence-electron chi connectivity index (χ3n) is 4.39. The quantitative estimate of drug-likeness (QED) is 0.802. The maximum Gasteiger partial charge on any atom is 0.234 e. The van der Waals surface area contributed by atoms with Crippen LogP contribution in [-0.4, -0.2) is 45.0 Å². The summed E-state index contributed by atoms with van der Waals surface area (Å²) in [6.45, 7) is 6.31. The highest BCUT2D eigenvalue weighted by Crippen LogP contribution is 2.22. The maximum atomic E-state index is 12.1. The first-order valence-electron chi connectivity index (χ1n) is 9.13. The summed E-state index contributed by atoms with van der Waals surface area (Å²) in [7, 11) is 0. The van der Waals surface area contributed by atoms with E-state index in [9.17, 15) is 4.79 Å². The van der Waals surface area contributed by atoms with Gasteiger partial charge in [0.25, 0.3) is 0 Å². The van der Waals surface area contributed by atoms with Gasteiger partial charge in [0.1, 0.15) is 0 Å². The molecule has 2 heterocycles. The second-order valence-electron chi connectivity index (χ2n) is 6.77. The van der Waals surface area contributed by atoms with Crippen molar-refractivity contribution in [1.29, 1.82) is 0 Å². The zero-order chi connectivity index (χ0) is 18.4. The molecule has 7 nitrogen and oxygen atoms in total. The van der Waals surface area contributed by atoms with Crippen LogP contribution in [0.2, 0.25) is 0 Å². The summed E-state index contributed by atoms with van der Waals surface area (Å²) in [5, 5.41) is 14.6. The Balaban J connectivity index is 1.45. The molecule has 0 bridgehead atoms. The highest BCUT2D eigenvalue weighted by atomic mass is 32.2. The predicted molar refractivity (Wildman–Crippen MR) is 105 cm³/mol. The molecular formula is C18H26N6OS. The summed E-state index contributed by atoms with van der Waals surface area (Å²) in [5.74, 6) is 1.78. The van der Waals surface area contributed by atoms with Crippen molar-refractivity contribution in [3.8, 4) is 0 Å². The van der Waals surface area contributed by atoms with Gasteiger partial charge in [-0.15, -0.1) is 16.9 Å². The molecule has 0 unspecified atom stereocenters. The van der Waals surface area contributed by atoms with Crippen LogP contribution in [0.4, 0.5) is 11.4 Å². The van der Waals surface area contributed by atoms with Crippen LogP contribution in [-0.2, 0) is 10.5 Å². The van der Waals surface area contributed by atoms with E-state index in [0.29, 0.717) is 11.5 Å². The standard InChI is InChI=1S/C18H26N6OS/c1-14(2)24-17(20-21-22-24)12-26-13-18(25)19-15-6-8-16(9-7-15)23-10-4-3-5-11-23/h6-9,14H,3-5,10-13H2,1-2H3,(H,19,25). The van der Waals surface area contributed by atoms with Gasteiger partial charge in [-0.25, -0.2) is 4.68 Å². The van der Waals surface area contributed by atoms with Gasteiger partial charge in [0, 0.05) is 24.5 Å². The Kier molecular flexibility index (Phi) is 6.49. The number of amides is 1. The SMILES string of the molecule is CC(C)n1nnnc1CSCC(=O)Nc1ccc(N2CCCCC2)cc1. The molecule has 8 heteroatoms. The Morgan fingerprint density at radius 3 is 2.62 bits per heavy atom. The van der Waals surface area contributed by atoms with E-state index in [0.717, 1.165) is 24.6 Å². The number of tetrazole rings is 1. The van der Waals surface area contributed by atoms with Gasteiger partial charge in [-0.05, 0) is 67.8 Å². The number of rotatable bonds is 7. The van der Waals surface area contributed by atoms with Gasteiger partial charge in [0.05, 0.1) is 17.5 Å². The second-order valence-corrected chi connectivity index (χ2v) is 7.75. The van der Waals surface area contributed by atoms with Crippen molar-refractivity contribution in [2.75, 3.05) is 29.1 Å². The van der Waals surface area contributed by atoms with Crippen LogP contribution in [0, 0.1) is 0 Å². The van der Waals surface area contributed by atoms with Crippen LogP contribution in [0.25, 0.3) is 0 Å². The number of thioether (sulfide) groups is 1. The molecule has 1 amide bonds. The molecule has 1 fully saturated rings. The first-order valence-corrected chi connectivity index (χ1v) is 10.3. The Morgan fingerprint density at radius 2 is 1.92 bits per heavy atom. The number of aromatic nitrogens is 4. The highest BCUT2D eigenvalue weighted by molar-refractivity contribution is 7.99. The van der Waals surface area contributed by atoms with Gasteiger partial charge in [0.2, 0.25) is 5.91 Å². The first kappa shape index (κ1) is 18.7. The molecule has 1 saturated heterocycles. The highest BCUT2D eigenvalue weighted by Gasteiger charge is 2.12. The Labute approximate surface area is 158 Å². The number of piperidine rings is 1. The lowest BCUT2D eigenvalue weighted by molar-refractivity contribution is -0.113. The average molecular weight is 375 g/mol. The summed E-state index contributed by atoms with van der Waals surface area (Å²) < 4.78 is 1.78. The lowest BCUT2D eigenvalue weighted by Gasteiger charge is -2.28. The Hall–Kier alpha value is -2.09. The fourth-order valence-electron chi connectivity index (χ4n) is 3.05. The predicted octanol–water partition coefficient (Wildman–Crippen LogP) is 3.12. The normalized spacial score (nSPS) is 14.7. The number of nitrogens with zero attached hydrogens (tertiary/aromatic N) is 5. The van der Waals surface area contributed by atoms with Crippen molar-refractivity contribution in [3.63, 3.8) is 0 Å². The van der Waals surface area contributed by atoms with Crippen LogP contribution in [0.1, 0.15) is 45.0 Å². The van der Waals surface area contributed by atoms with E-state index in [4.69, 9.17) is 0 Å². The topological polar surface area (TPSA) is 75.9 Å². The van der Waals surface area contributed by atoms with Gasteiger partial charge in [0.15, 0.2) is 5.82 Å². The van der Waals surface area contributed by atoms with Crippen molar-refractivity contribution in [2.45, 2.75) is 44.9 Å². The van der Waals surface area contributed by atoms with E-state index in [1.807, 2.05) is 26.0 Å². The van der Waals surface area contributed by atoms with E-state index < -0.39 is 0 Å². The van der Waals surface area contributed by atoms with E-state index in [1.165, 1.54) is 36.7 Å². The zero-order valence-electron chi connectivity index (χ0n) is 15.4. The minimum Gasteiger partial charge on any atom is -0.372 e. The Morgan fingerprint density at radius 1 is 1.19 bits per heavy atom. The van der Waals surface area contributed by atoms with Crippen LogP contribution < -0.4 is 10.2 Å². The minimum absolute atomic E-state index is 0.00991. The molecule has 0 atom stereocenters. The van der Waals surface area contributed by atoms with Crippen LogP contribution in [0.3, 0.4) is 0 Å². The summed E-state index contributed by atoms with van der Waals surface area (Å²) in [6.07, 6.45) is 3.84. The fraction of sp³-hybridized carbons (Fsp3) is 0.556. The molecule has 1 aliphatic heterocycles. The largest absolute Gasteiger partial charge is 0.372 e. The molecule has 3 rings (SSSR count). The molecule has 1 aromatic heterocycles. The number of benzene rings is 1. The molecule has 2 aromatic rings. The fourth-order valence-corrected chi connectivity index (χ4v) is 3.78. The molecule has 0 saturated carbocycles. The van der Waals surface area contributed by atoms with Crippen molar-refractivity contribution < 1.29 is 4.79 Å². The van der Waals surface area contributed by atoms with E-state index >= 15 is 0 Å². The second kappa shape index (κ2) is 9.02. The van der Waals surface area contributed by atoms with Gasteiger partial charge in [-0.2, -0.15) is 0 Å². The molecule has 0 spiro atoms. The minimum atomic E-state index is -0.00991. The summed E-state index contributed by atoms with van der Waals surface area (Å²) in [4.78, 5) is 14.6. The number of nitrogens with one attached hydrogen (secondary N) is 1. The van der Waals surface area contributed by atoms with Gasteiger partial charge in [-0.3, -0.25) is 4.79 Å². The Bertz CT molecular complexity index is 709. The average Bonchev–Trinajstić information content (AvgIpc) is 3.12. The third-order valence-corrected chi connectivity index (χ3v) is 5.32. The molecule has 1 aromatic carbocycles. The van der Waals surface area contributed by atoms with E-state index in [-0.39, 0.29) is 11.9 Å².